The molecule has 0 saturated heterocycles. The van der Waals surface area contributed by atoms with Crippen LogP contribution in [0, 0.1) is 0 Å². The summed E-state index contributed by atoms with van der Waals surface area (Å²) in [6, 6.07) is 11.3. The highest BCUT2D eigenvalue weighted by Crippen LogP contribution is 2.43. The Morgan fingerprint density at radius 3 is 2.08 bits per heavy atom. The first-order valence-electron chi connectivity index (χ1n) is 10.6. The van der Waals surface area contributed by atoms with E-state index in [4.69, 9.17) is 9.84 Å². The number of fused-ring (bicyclic) bond motifs is 1. The first-order valence-corrected chi connectivity index (χ1v) is 12.0. The summed E-state index contributed by atoms with van der Waals surface area (Å²) < 4.78 is 73.1. The molecule has 0 aliphatic carbocycles. The molecule has 3 aromatic carbocycles. The fourth-order valence-electron chi connectivity index (χ4n) is 3.56. The monoisotopic (exact) mass is 539 g/mol. The van der Waals surface area contributed by atoms with E-state index < -0.39 is 44.4 Å². The Kier molecular flexibility index (Phi) is 7.77. The van der Waals surface area contributed by atoms with Crippen LogP contribution in [0.2, 0.25) is 0 Å². The maximum atomic E-state index is 13.6. The van der Waals surface area contributed by atoms with Gasteiger partial charge >= 0.3 is 21.6 Å². The van der Waals surface area contributed by atoms with Gasteiger partial charge in [0, 0.05) is 23.5 Å². The van der Waals surface area contributed by atoms with E-state index in [2.05, 4.69) is 4.18 Å². The molecular formula is C24H20F3NO8S. The highest BCUT2D eigenvalue weighted by Gasteiger charge is 2.49. The number of hydrogen-bond acceptors (Lipinski definition) is 7. The van der Waals surface area contributed by atoms with E-state index in [1.165, 1.54) is 55.6 Å². The molecule has 1 amide bonds. The molecule has 0 aliphatic heterocycles. The normalized spacial score (nSPS) is 11.7. The number of hydrogen-bond donors (Lipinski definition) is 1. The van der Waals surface area contributed by atoms with Crippen LogP contribution in [0.1, 0.15) is 33.2 Å². The van der Waals surface area contributed by atoms with Crippen LogP contribution in [0.25, 0.3) is 10.8 Å². The predicted octanol–water partition coefficient (Wildman–Crippen LogP) is 4.18. The lowest BCUT2D eigenvalue weighted by Crippen LogP contribution is -2.30. The average Bonchev–Trinajstić information content (AvgIpc) is 2.83. The van der Waals surface area contributed by atoms with Crippen LogP contribution in [0.3, 0.4) is 0 Å². The third-order valence-electron chi connectivity index (χ3n) is 5.24. The number of anilines is 1. The van der Waals surface area contributed by atoms with Gasteiger partial charge in [0.05, 0.1) is 24.2 Å². The van der Waals surface area contributed by atoms with Crippen molar-refractivity contribution in [2.24, 2.45) is 0 Å². The number of aliphatic carboxylic acids is 1. The van der Waals surface area contributed by atoms with Gasteiger partial charge in [-0.25, -0.2) is 0 Å². The SMILES string of the molecule is CCOc1c(C(=O)N(C)c2ccc(CC(=O)O)cc2)c(C=O)c(OS(=O)(=O)C(F)(F)F)c2ccccc12. The maximum absolute atomic E-state index is 13.6. The molecule has 0 aromatic heterocycles. The molecule has 9 nitrogen and oxygen atoms in total. The summed E-state index contributed by atoms with van der Waals surface area (Å²) in [5.41, 5.74) is -6.38. The van der Waals surface area contributed by atoms with Crippen molar-refractivity contribution in [1.29, 1.82) is 0 Å². The number of carboxylic acids is 1. The van der Waals surface area contributed by atoms with Gasteiger partial charge in [-0.1, -0.05) is 36.4 Å². The molecular weight excluding hydrogens is 519 g/mol. The number of carboxylic acid groups (broad SMARTS) is 1. The summed E-state index contributed by atoms with van der Waals surface area (Å²) in [5.74, 6) is -3.11. The lowest BCUT2D eigenvalue weighted by molar-refractivity contribution is -0.136. The van der Waals surface area contributed by atoms with Crippen LogP contribution in [0.5, 0.6) is 11.5 Å². The third-order valence-corrected chi connectivity index (χ3v) is 6.19. The highest BCUT2D eigenvalue weighted by molar-refractivity contribution is 7.88. The van der Waals surface area contributed by atoms with Gasteiger partial charge in [0.2, 0.25) is 0 Å². The molecule has 0 aliphatic rings. The van der Waals surface area contributed by atoms with E-state index >= 15 is 0 Å². The average molecular weight is 539 g/mol. The number of nitrogens with zero attached hydrogens (tertiary/aromatic N) is 1. The Labute approximate surface area is 209 Å². The minimum atomic E-state index is -6.20. The number of aldehydes is 1. The van der Waals surface area contributed by atoms with Gasteiger partial charge in [-0.3, -0.25) is 14.4 Å². The van der Waals surface area contributed by atoms with Gasteiger partial charge in [0.25, 0.3) is 5.91 Å². The molecule has 196 valence electrons. The fourth-order valence-corrected chi connectivity index (χ4v) is 4.05. The van der Waals surface area contributed by atoms with Crippen LogP contribution in [-0.2, 0) is 21.3 Å². The van der Waals surface area contributed by atoms with Gasteiger partial charge in [-0.2, -0.15) is 21.6 Å². The van der Waals surface area contributed by atoms with E-state index in [9.17, 15) is 36.0 Å². The third kappa shape index (κ3) is 5.50. The Morgan fingerprint density at radius 2 is 1.59 bits per heavy atom. The molecule has 13 heteroatoms. The van der Waals surface area contributed by atoms with Crippen molar-refractivity contribution in [3.63, 3.8) is 0 Å². The van der Waals surface area contributed by atoms with Crippen molar-refractivity contribution < 1.29 is 50.0 Å². The van der Waals surface area contributed by atoms with Crippen LogP contribution in [0.4, 0.5) is 18.9 Å². The zero-order valence-corrected chi connectivity index (χ0v) is 20.2. The first-order chi connectivity index (χ1) is 17.3. The number of carbonyl (C=O) groups is 3. The minimum absolute atomic E-state index is 0.00275. The molecule has 0 saturated carbocycles. The summed E-state index contributed by atoms with van der Waals surface area (Å²) in [6.45, 7) is 1.57. The summed E-state index contributed by atoms with van der Waals surface area (Å²) in [6.07, 6.45) is -0.242. The molecule has 0 unspecified atom stereocenters. The van der Waals surface area contributed by atoms with Crippen molar-refractivity contribution in [2.45, 2.75) is 18.9 Å². The highest BCUT2D eigenvalue weighted by atomic mass is 32.2. The number of carbonyl (C=O) groups excluding carboxylic acids is 2. The lowest BCUT2D eigenvalue weighted by Gasteiger charge is -2.23. The molecule has 0 spiro atoms. The van der Waals surface area contributed by atoms with E-state index in [-0.39, 0.29) is 41.5 Å². The second-order valence-electron chi connectivity index (χ2n) is 7.63. The zero-order valence-electron chi connectivity index (χ0n) is 19.4. The van der Waals surface area contributed by atoms with Crippen molar-refractivity contribution in [1.82, 2.24) is 0 Å². The number of alkyl halides is 3. The standard InChI is InChI=1S/C24H20F3NO8S/c1-3-35-22-17-7-5-4-6-16(17)21(36-37(33,34)24(25,26)27)18(13-29)20(22)23(32)28(2)15-10-8-14(9-11-15)12-19(30)31/h4-11,13H,3,12H2,1-2H3,(H,30,31). The van der Waals surface area contributed by atoms with Gasteiger partial charge in [-0.05, 0) is 24.6 Å². The fraction of sp³-hybridized carbons (Fsp3) is 0.208. The van der Waals surface area contributed by atoms with Gasteiger partial charge in [0.1, 0.15) is 5.75 Å². The van der Waals surface area contributed by atoms with Crippen LogP contribution in [0.15, 0.2) is 48.5 Å². The molecule has 0 heterocycles. The topological polar surface area (TPSA) is 127 Å². The smallest absolute Gasteiger partial charge is 0.492 e. The predicted molar refractivity (Wildman–Crippen MR) is 127 cm³/mol. The number of ether oxygens (including phenoxy) is 1. The van der Waals surface area contributed by atoms with Crippen LogP contribution < -0.4 is 13.8 Å². The number of benzene rings is 3. The van der Waals surface area contributed by atoms with Gasteiger partial charge < -0.3 is 18.9 Å². The lowest BCUT2D eigenvalue weighted by atomic mass is 9.97. The molecule has 0 radical (unpaired) electrons. The Morgan fingerprint density at radius 1 is 1.03 bits per heavy atom. The van der Waals surface area contributed by atoms with Crippen molar-refractivity contribution in [3.05, 3.63) is 65.2 Å². The van der Waals surface area contributed by atoms with Crippen molar-refractivity contribution >= 4 is 44.7 Å². The largest absolute Gasteiger partial charge is 0.534 e. The molecule has 0 atom stereocenters. The summed E-state index contributed by atoms with van der Waals surface area (Å²) >= 11 is 0. The first kappa shape index (κ1) is 27.5. The van der Waals surface area contributed by atoms with E-state index in [0.717, 1.165) is 4.90 Å². The van der Waals surface area contributed by atoms with Crippen molar-refractivity contribution in [3.8, 4) is 11.5 Å². The van der Waals surface area contributed by atoms with E-state index in [0.29, 0.717) is 5.56 Å². The summed E-state index contributed by atoms with van der Waals surface area (Å²) in [5, 5.41) is 8.77. The molecule has 1 N–H and O–H groups in total. The van der Waals surface area contributed by atoms with Gasteiger partial charge in [0.15, 0.2) is 12.0 Å². The molecule has 0 bridgehead atoms. The summed E-state index contributed by atoms with van der Waals surface area (Å²) in [4.78, 5) is 37.7. The quantitative estimate of drug-likeness (QED) is 0.244. The van der Waals surface area contributed by atoms with E-state index in [1.807, 2.05) is 0 Å². The zero-order chi connectivity index (χ0) is 27.5. The second-order valence-corrected chi connectivity index (χ2v) is 9.17. The van der Waals surface area contributed by atoms with E-state index in [1.54, 1.807) is 6.92 Å². The molecule has 3 rings (SSSR count). The molecule has 3 aromatic rings. The van der Waals surface area contributed by atoms with Crippen LogP contribution in [-0.4, -0.2) is 50.8 Å². The van der Waals surface area contributed by atoms with Crippen molar-refractivity contribution in [2.75, 3.05) is 18.6 Å². The van der Waals surface area contributed by atoms with Crippen LogP contribution >= 0.6 is 0 Å². The number of halogens is 3. The maximum Gasteiger partial charge on any atom is 0.534 e. The Bertz CT molecular complexity index is 1470. The number of amides is 1. The molecule has 37 heavy (non-hydrogen) atoms. The second kappa shape index (κ2) is 10.5. The molecule has 0 fully saturated rings. The van der Waals surface area contributed by atoms with Gasteiger partial charge in [-0.15, -0.1) is 0 Å². The minimum Gasteiger partial charge on any atom is -0.492 e. The number of rotatable bonds is 9. The summed E-state index contributed by atoms with van der Waals surface area (Å²) in [7, 11) is -4.90. The Hall–Kier alpha value is -4.13. The Balaban J connectivity index is 2.26.